The molecule has 2 aliphatic carbocycles. The van der Waals surface area contributed by atoms with Crippen molar-refractivity contribution in [3.8, 4) is 0 Å². The van der Waals surface area contributed by atoms with Crippen molar-refractivity contribution in [3.05, 3.63) is 11.4 Å². The molecule has 2 aliphatic rings. The number of halogens is 1. The van der Waals surface area contributed by atoms with Gasteiger partial charge in [-0.15, -0.1) is 0 Å². The highest BCUT2D eigenvalue weighted by Crippen LogP contribution is 2.38. The van der Waals surface area contributed by atoms with Crippen LogP contribution in [0.1, 0.15) is 51.9 Å². The van der Waals surface area contributed by atoms with Crippen LogP contribution in [0.25, 0.3) is 0 Å². The molecule has 0 unspecified atom stereocenters. The molecule has 0 radical (unpaired) electrons. The Kier molecular flexibility index (Phi) is 5.76. The summed E-state index contributed by atoms with van der Waals surface area (Å²) in [6.07, 6.45) is 6.90. The summed E-state index contributed by atoms with van der Waals surface area (Å²) in [5, 5.41) is 11.6. The number of carbonyl (C=O) groups is 1. The number of hydrogen-bond donors (Lipinski definition) is 2. The molecule has 4 nitrogen and oxygen atoms in total. The predicted octanol–water partition coefficient (Wildman–Crippen LogP) is 2.47. The summed E-state index contributed by atoms with van der Waals surface area (Å²) in [6.45, 7) is 2.24. The summed E-state index contributed by atoms with van der Waals surface area (Å²) in [4.78, 5) is 11.9. The Hall–Kier alpha value is -0.940. The number of nitrogens with one attached hydrogen (secondary N) is 1. The minimum atomic E-state index is -0.634. The lowest BCUT2D eigenvalue weighted by Gasteiger charge is -2.37. The van der Waals surface area contributed by atoms with Gasteiger partial charge in [-0.25, -0.2) is 4.39 Å². The van der Waals surface area contributed by atoms with E-state index in [1.807, 2.05) is 0 Å². The number of aliphatic hydroxyl groups excluding tert-OH is 1. The van der Waals surface area contributed by atoms with Crippen molar-refractivity contribution >= 4 is 5.91 Å². The predicted molar refractivity (Wildman–Crippen MR) is 78.4 cm³/mol. The van der Waals surface area contributed by atoms with Crippen LogP contribution in [0.5, 0.6) is 0 Å². The second kappa shape index (κ2) is 7.36. The zero-order valence-corrected chi connectivity index (χ0v) is 12.8. The van der Waals surface area contributed by atoms with Crippen LogP contribution in [0.15, 0.2) is 11.4 Å². The third kappa shape index (κ3) is 4.51. The first kappa shape index (κ1) is 16.4. The van der Waals surface area contributed by atoms with Gasteiger partial charge in [-0.3, -0.25) is 4.79 Å². The van der Waals surface area contributed by atoms with Gasteiger partial charge in [0.25, 0.3) is 5.91 Å². The van der Waals surface area contributed by atoms with Crippen LogP contribution in [0.3, 0.4) is 0 Å². The van der Waals surface area contributed by atoms with Crippen molar-refractivity contribution in [1.29, 1.82) is 0 Å². The number of carbonyl (C=O) groups excluding carboxylic acids is 1. The Morgan fingerprint density at radius 1 is 1.33 bits per heavy atom. The molecule has 1 amide bonds. The van der Waals surface area contributed by atoms with E-state index in [9.17, 15) is 9.18 Å². The molecule has 5 heteroatoms. The topological polar surface area (TPSA) is 58.6 Å². The number of hydrogen-bond acceptors (Lipinski definition) is 3. The zero-order valence-electron chi connectivity index (χ0n) is 12.8. The van der Waals surface area contributed by atoms with Gasteiger partial charge >= 0.3 is 0 Å². The second-order valence-corrected chi connectivity index (χ2v) is 6.27. The lowest BCUT2D eigenvalue weighted by atomic mass is 9.84. The third-order valence-electron chi connectivity index (χ3n) is 4.57. The molecule has 2 saturated carbocycles. The molecule has 120 valence electrons. The SMILES string of the molecule is C/C(=C(/F)C(=O)NCC1(OCCO)CCCCC1)C1CC1. The van der Waals surface area contributed by atoms with Gasteiger partial charge in [0.15, 0.2) is 5.83 Å². The largest absolute Gasteiger partial charge is 0.394 e. The van der Waals surface area contributed by atoms with Crippen LogP contribution in [0.2, 0.25) is 0 Å². The molecule has 0 aromatic rings. The smallest absolute Gasteiger partial charge is 0.280 e. The normalized spacial score (nSPS) is 22.6. The molecule has 0 spiro atoms. The fraction of sp³-hybridized carbons (Fsp3) is 0.812. The molecular formula is C16H26FNO3. The fourth-order valence-electron chi connectivity index (χ4n) is 3.02. The monoisotopic (exact) mass is 299 g/mol. The van der Waals surface area contributed by atoms with Gasteiger partial charge in [0.05, 0.1) is 18.8 Å². The maximum atomic E-state index is 14.0. The first-order valence-corrected chi connectivity index (χ1v) is 7.97. The van der Waals surface area contributed by atoms with E-state index in [0.29, 0.717) is 12.1 Å². The molecule has 0 aromatic carbocycles. The lowest BCUT2D eigenvalue weighted by Crippen LogP contribution is -2.47. The Bertz CT molecular complexity index is 398. The fourth-order valence-corrected chi connectivity index (χ4v) is 3.02. The summed E-state index contributed by atoms with van der Waals surface area (Å²) in [7, 11) is 0. The van der Waals surface area contributed by atoms with Gasteiger partial charge in [0.2, 0.25) is 0 Å². The number of ether oxygens (including phenoxy) is 1. The average molecular weight is 299 g/mol. The molecule has 0 heterocycles. The van der Waals surface area contributed by atoms with E-state index in [1.165, 1.54) is 0 Å². The number of amides is 1. The van der Waals surface area contributed by atoms with E-state index in [0.717, 1.165) is 44.9 Å². The summed E-state index contributed by atoms with van der Waals surface area (Å²) in [5.41, 5.74) is 0.131. The van der Waals surface area contributed by atoms with Crippen molar-refractivity contribution in [2.45, 2.75) is 57.5 Å². The maximum absolute atomic E-state index is 14.0. The second-order valence-electron chi connectivity index (χ2n) is 6.27. The van der Waals surface area contributed by atoms with Crippen molar-refractivity contribution in [3.63, 3.8) is 0 Å². The first-order chi connectivity index (χ1) is 10.1. The molecule has 0 aliphatic heterocycles. The quantitative estimate of drug-likeness (QED) is 0.710. The van der Waals surface area contributed by atoms with Crippen LogP contribution in [0.4, 0.5) is 4.39 Å². The van der Waals surface area contributed by atoms with Crippen molar-refractivity contribution in [2.24, 2.45) is 5.92 Å². The van der Waals surface area contributed by atoms with Crippen LogP contribution in [0, 0.1) is 5.92 Å². The van der Waals surface area contributed by atoms with Gasteiger partial charge in [0.1, 0.15) is 0 Å². The van der Waals surface area contributed by atoms with Crippen molar-refractivity contribution in [1.82, 2.24) is 5.32 Å². The van der Waals surface area contributed by atoms with Gasteiger partial charge in [0, 0.05) is 6.54 Å². The highest BCUT2D eigenvalue weighted by molar-refractivity contribution is 5.92. The average Bonchev–Trinajstić information content (AvgIpc) is 3.35. The summed E-state index contributed by atoms with van der Waals surface area (Å²) in [6, 6.07) is 0. The van der Waals surface area contributed by atoms with Gasteiger partial charge in [-0.2, -0.15) is 0 Å². The number of rotatable bonds is 7. The van der Waals surface area contributed by atoms with Crippen molar-refractivity contribution < 1.29 is 19.0 Å². The van der Waals surface area contributed by atoms with Gasteiger partial charge in [-0.05, 0) is 44.1 Å². The molecule has 0 bridgehead atoms. The number of aliphatic hydroxyl groups is 1. The maximum Gasteiger partial charge on any atom is 0.280 e. The third-order valence-corrected chi connectivity index (χ3v) is 4.57. The molecule has 2 fully saturated rings. The Morgan fingerprint density at radius 3 is 2.57 bits per heavy atom. The zero-order chi connectivity index (χ0) is 15.3. The minimum absolute atomic E-state index is 0.0370. The summed E-state index contributed by atoms with van der Waals surface area (Å²) in [5.74, 6) is -1.01. The molecular weight excluding hydrogens is 273 g/mol. The lowest BCUT2D eigenvalue weighted by molar-refractivity contribution is -0.122. The van der Waals surface area contributed by atoms with E-state index in [-0.39, 0.29) is 19.1 Å². The minimum Gasteiger partial charge on any atom is -0.394 e. The Morgan fingerprint density at radius 2 is 2.00 bits per heavy atom. The Labute approximate surface area is 125 Å². The van der Waals surface area contributed by atoms with E-state index in [2.05, 4.69) is 5.32 Å². The highest BCUT2D eigenvalue weighted by Gasteiger charge is 2.34. The molecule has 0 saturated heterocycles. The van der Waals surface area contributed by atoms with Crippen LogP contribution in [-0.2, 0) is 9.53 Å². The standard InChI is InChI=1S/C16H26FNO3/c1-12(13-5-6-13)14(17)15(20)18-11-16(21-10-9-19)7-3-2-4-8-16/h13,19H,2-11H2,1H3,(H,18,20)/b14-12-. The highest BCUT2D eigenvalue weighted by atomic mass is 19.1. The van der Waals surface area contributed by atoms with E-state index in [1.54, 1.807) is 6.92 Å². The number of allylic oxidation sites excluding steroid dienone is 1. The summed E-state index contributed by atoms with van der Waals surface area (Å²) >= 11 is 0. The molecule has 0 atom stereocenters. The van der Waals surface area contributed by atoms with Crippen LogP contribution in [-0.4, -0.2) is 36.4 Å². The van der Waals surface area contributed by atoms with E-state index >= 15 is 0 Å². The van der Waals surface area contributed by atoms with Gasteiger partial charge < -0.3 is 15.2 Å². The Balaban J connectivity index is 1.91. The van der Waals surface area contributed by atoms with E-state index < -0.39 is 17.3 Å². The van der Waals surface area contributed by atoms with E-state index in [4.69, 9.17) is 9.84 Å². The van der Waals surface area contributed by atoms with Crippen molar-refractivity contribution in [2.75, 3.05) is 19.8 Å². The molecule has 0 aromatic heterocycles. The molecule has 21 heavy (non-hydrogen) atoms. The van der Waals surface area contributed by atoms with Crippen LogP contribution < -0.4 is 5.32 Å². The molecule has 2 rings (SSSR count). The molecule has 2 N–H and O–H groups in total. The van der Waals surface area contributed by atoms with Crippen LogP contribution >= 0.6 is 0 Å². The first-order valence-electron chi connectivity index (χ1n) is 7.97. The van der Waals surface area contributed by atoms with Gasteiger partial charge in [-0.1, -0.05) is 19.3 Å². The summed E-state index contributed by atoms with van der Waals surface area (Å²) < 4.78 is 19.8.